The Labute approximate surface area is 186 Å². The third kappa shape index (κ3) is 4.20. The highest BCUT2D eigenvalue weighted by atomic mass is 32.2. The predicted molar refractivity (Wildman–Crippen MR) is 117 cm³/mol. The molecule has 2 aromatic carbocycles. The number of methoxy groups -OCH3 is 1. The lowest BCUT2D eigenvalue weighted by Gasteiger charge is -2.34. The van der Waals surface area contributed by atoms with E-state index in [1.165, 1.54) is 40.1 Å². The van der Waals surface area contributed by atoms with Crippen LogP contribution in [0.1, 0.15) is 34.3 Å². The van der Waals surface area contributed by atoms with Crippen molar-refractivity contribution < 1.29 is 22.9 Å². The Morgan fingerprint density at radius 2 is 1.69 bits per heavy atom. The number of benzene rings is 2. The Bertz CT molecular complexity index is 1160. The zero-order valence-corrected chi connectivity index (χ0v) is 18.6. The van der Waals surface area contributed by atoms with E-state index in [1.54, 1.807) is 12.1 Å². The zero-order valence-electron chi connectivity index (χ0n) is 17.8. The quantitative estimate of drug-likeness (QED) is 0.502. The van der Waals surface area contributed by atoms with Gasteiger partial charge in [0.15, 0.2) is 5.75 Å². The van der Waals surface area contributed by atoms with Crippen LogP contribution in [0.15, 0.2) is 41.3 Å². The van der Waals surface area contributed by atoms with Crippen LogP contribution in [0.4, 0.5) is 5.69 Å². The molecule has 0 bridgehead atoms. The smallest absolute Gasteiger partial charge is 0.311 e. The number of rotatable bonds is 5. The third-order valence-corrected chi connectivity index (χ3v) is 8.00. The van der Waals surface area contributed by atoms with Gasteiger partial charge in [-0.3, -0.25) is 14.9 Å². The van der Waals surface area contributed by atoms with Crippen molar-refractivity contribution in [2.24, 2.45) is 0 Å². The molecule has 170 valence electrons. The maximum absolute atomic E-state index is 13.1. The van der Waals surface area contributed by atoms with Crippen LogP contribution in [0, 0.1) is 10.1 Å². The molecular formula is C22H25N3O6S. The van der Waals surface area contributed by atoms with Gasteiger partial charge < -0.3 is 9.64 Å². The molecule has 9 nitrogen and oxygen atoms in total. The van der Waals surface area contributed by atoms with Crippen molar-refractivity contribution in [2.45, 2.75) is 30.6 Å². The molecule has 0 N–H and O–H groups in total. The van der Waals surface area contributed by atoms with Crippen LogP contribution in [-0.4, -0.2) is 61.7 Å². The highest BCUT2D eigenvalue weighted by Gasteiger charge is 2.31. The lowest BCUT2D eigenvalue weighted by atomic mass is 9.92. The number of hydrogen-bond donors (Lipinski definition) is 0. The van der Waals surface area contributed by atoms with Gasteiger partial charge in [0, 0.05) is 37.8 Å². The van der Waals surface area contributed by atoms with Crippen LogP contribution in [0.2, 0.25) is 0 Å². The first-order chi connectivity index (χ1) is 15.3. The van der Waals surface area contributed by atoms with E-state index in [1.807, 2.05) is 6.07 Å². The topological polar surface area (TPSA) is 110 Å². The van der Waals surface area contributed by atoms with E-state index in [0.717, 1.165) is 31.2 Å². The fourth-order valence-electron chi connectivity index (χ4n) is 4.30. The van der Waals surface area contributed by atoms with E-state index < -0.39 is 14.9 Å². The van der Waals surface area contributed by atoms with Gasteiger partial charge in [-0.2, -0.15) is 4.31 Å². The van der Waals surface area contributed by atoms with Crippen molar-refractivity contribution in [3.8, 4) is 5.75 Å². The molecule has 1 aliphatic carbocycles. The molecule has 10 heteroatoms. The van der Waals surface area contributed by atoms with Crippen molar-refractivity contribution in [3.63, 3.8) is 0 Å². The van der Waals surface area contributed by atoms with E-state index in [2.05, 4.69) is 0 Å². The van der Waals surface area contributed by atoms with Crippen LogP contribution in [0.3, 0.4) is 0 Å². The van der Waals surface area contributed by atoms with E-state index in [4.69, 9.17) is 4.74 Å². The number of piperazine rings is 1. The van der Waals surface area contributed by atoms with E-state index in [0.29, 0.717) is 4.90 Å². The molecule has 2 aromatic rings. The van der Waals surface area contributed by atoms with Crippen LogP contribution in [0.5, 0.6) is 5.75 Å². The second-order valence-electron chi connectivity index (χ2n) is 7.98. The molecular weight excluding hydrogens is 434 g/mol. The van der Waals surface area contributed by atoms with Gasteiger partial charge in [-0.1, -0.05) is 6.07 Å². The largest absolute Gasteiger partial charge is 0.490 e. The fourth-order valence-corrected chi connectivity index (χ4v) is 5.77. The molecule has 1 heterocycles. The molecule has 4 rings (SSSR count). The number of carbonyl (C=O) groups excluding carboxylic acids is 1. The second-order valence-corrected chi connectivity index (χ2v) is 9.92. The molecule has 1 fully saturated rings. The first-order valence-corrected chi connectivity index (χ1v) is 12.0. The van der Waals surface area contributed by atoms with Crippen molar-refractivity contribution in [3.05, 3.63) is 63.2 Å². The van der Waals surface area contributed by atoms with Gasteiger partial charge in [-0.25, -0.2) is 8.42 Å². The van der Waals surface area contributed by atoms with Crippen molar-refractivity contribution in [1.29, 1.82) is 0 Å². The Balaban J connectivity index is 1.46. The van der Waals surface area contributed by atoms with Crippen molar-refractivity contribution >= 4 is 21.6 Å². The molecule has 32 heavy (non-hydrogen) atoms. The van der Waals surface area contributed by atoms with Gasteiger partial charge in [0.1, 0.15) is 0 Å². The number of nitrogens with zero attached hydrogens (tertiary/aromatic N) is 3. The van der Waals surface area contributed by atoms with Crippen LogP contribution >= 0.6 is 0 Å². The molecule has 0 radical (unpaired) electrons. The molecule has 0 unspecified atom stereocenters. The van der Waals surface area contributed by atoms with Gasteiger partial charge in [0.2, 0.25) is 10.0 Å². The zero-order chi connectivity index (χ0) is 22.9. The lowest BCUT2D eigenvalue weighted by molar-refractivity contribution is -0.385. The number of amides is 1. The Morgan fingerprint density at radius 3 is 2.34 bits per heavy atom. The molecule has 1 saturated heterocycles. The number of aryl methyl sites for hydroxylation is 2. The maximum Gasteiger partial charge on any atom is 0.311 e. The SMILES string of the molecule is COc1ccc(C(=O)N2CCN(S(=O)(=O)c3ccc4c(c3)CCCC4)CC2)cc1[N+](=O)[O-]. The molecule has 0 spiro atoms. The summed E-state index contributed by atoms with van der Waals surface area (Å²) < 4.78 is 32.7. The minimum absolute atomic E-state index is 0.0764. The molecule has 2 aliphatic rings. The van der Waals surface area contributed by atoms with Crippen LogP contribution < -0.4 is 4.74 Å². The summed E-state index contributed by atoms with van der Waals surface area (Å²) in [4.78, 5) is 25.3. The summed E-state index contributed by atoms with van der Waals surface area (Å²) in [5.41, 5.74) is 2.21. The van der Waals surface area contributed by atoms with Gasteiger partial charge in [0.25, 0.3) is 5.91 Å². The average Bonchev–Trinajstić information content (AvgIpc) is 2.82. The van der Waals surface area contributed by atoms with Gasteiger partial charge in [-0.15, -0.1) is 0 Å². The average molecular weight is 460 g/mol. The number of hydrogen-bond acceptors (Lipinski definition) is 6. The maximum atomic E-state index is 13.1. The number of carbonyl (C=O) groups is 1. The third-order valence-electron chi connectivity index (χ3n) is 6.11. The fraction of sp³-hybridized carbons (Fsp3) is 0.409. The van der Waals surface area contributed by atoms with Crippen LogP contribution in [0.25, 0.3) is 0 Å². The minimum atomic E-state index is -3.65. The highest BCUT2D eigenvalue weighted by Crippen LogP contribution is 2.29. The highest BCUT2D eigenvalue weighted by molar-refractivity contribution is 7.89. The summed E-state index contributed by atoms with van der Waals surface area (Å²) >= 11 is 0. The monoisotopic (exact) mass is 459 g/mol. The molecule has 1 aliphatic heterocycles. The minimum Gasteiger partial charge on any atom is -0.490 e. The summed E-state index contributed by atoms with van der Waals surface area (Å²) in [6, 6.07) is 9.44. The van der Waals surface area contributed by atoms with Crippen molar-refractivity contribution in [1.82, 2.24) is 9.21 Å². The van der Waals surface area contributed by atoms with E-state index >= 15 is 0 Å². The van der Waals surface area contributed by atoms with Crippen molar-refractivity contribution in [2.75, 3.05) is 33.3 Å². The lowest BCUT2D eigenvalue weighted by Crippen LogP contribution is -2.50. The van der Waals surface area contributed by atoms with Crippen LogP contribution in [-0.2, 0) is 22.9 Å². The summed E-state index contributed by atoms with van der Waals surface area (Å²) in [5, 5.41) is 11.2. The van der Waals surface area contributed by atoms with E-state index in [9.17, 15) is 23.3 Å². The molecule has 0 saturated carbocycles. The number of sulfonamides is 1. The summed E-state index contributed by atoms with van der Waals surface area (Å²) in [5.74, 6) is -0.297. The van der Waals surface area contributed by atoms with Gasteiger partial charge in [-0.05, 0) is 61.1 Å². The number of nitro groups is 1. The molecule has 0 atom stereocenters. The summed E-state index contributed by atoms with van der Waals surface area (Å²) in [7, 11) is -2.32. The molecule has 1 amide bonds. The Hall–Kier alpha value is -2.98. The predicted octanol–water partition coefficient (Wildman–Crippen LogP) is 2.63. The van der Waals surface area contributed by atoms with Gasteiger partial charge >= 0.3 is 5.69 Å². The normalized spacial score (nSPS) is 17.0. The number of ether oxygens (including phenoxy) is 1. The Kier molecular flexibility index (Phi) is 6.16. The molecule has 0 aromatic heterocycles. The van der Waals surface area contributed by atoms with E-state index in [-0.39, 0.29) is 49.1 Å². The Morgan fingerprint density at radius 1 is 1.00 bits per heavy atom. The first-order valence-electron chi connectivity index (χ1n) is 10.5. The second kappa shape index (κ2) is 8.87. The number of nitro benzene ring substituents is 1. The summed E-state index contributed by atoms with van der Waals surface area (Å²) in [6.45, 7) is 0.762. The standard InChI is InChI=1S/C22H25N3O6S/c1-31-21-9-7-18(15-20(21)25(27)28)22(26)23-10-12-24(13-11-23)32(29,30)19-8-6-16-4-2-3-5-17(16)14-19/h6-9,14-15H,2-5,10-13H2,1H3. The number of fused-ring (bicyclic) bond motifs is 1. The summed E-state index contributed by atoms with van der Waals surface area (Å²) in [6.07, 6.45) is 4.09. The van der Waals surface area contributed by atoms with Gasteiger partial charge in [0.05, 0.1) is 16.9 Å². The first kappa shape index (κ1) is 22.2.